The summed E-state index contributed by atoms with van der Waals surface area (Å²) >= 11 is 0. The molecule has 0 saturated heterocycles. The summed E-state index contributed by atoms with van der Waals surface area (Å²) in [7, 11) is 0. The maximum absolute atomic E-state index is 10.0. The van der Waals surface area contributed by atoms with Crippen LogP contribution in [0, 0.1) is 10.1 Å². The molecule has 0 aliphatic heterocycles. The Morgan fingerprint density at radius 3 is 2.10 bits per heavy atom. The quantitative estimate of drug-likeness (QED) is 0.336. The molecule has 0 aromatic carbocycles. The van der Waals surface area contributed by atoms with Crippen LogP contribution < -0.4 is 0 Å². The molecule has 0 fully saturated rings. The fourth-order valence-corrected chi connectivity index (χ4v) is 0.348. The minimum Gasteiger partial charge on any atom is -0.259 e. The van der Waals surface area contributed by atoms with E-state index in [9.17, 15) is 10.1 Å². The molecule has 0 N–H and O–H groups in total. The fraction of sp³-hybridized carbons (Fsp3) is 0.429. The van der Waals surface area contributed by atoms with Gasteiger partial charge in [-0.25, -0.2) is 0 Å². The highest BCUT2D eigenvalue weighted by Gasteiger charge is 1.96. The Bertz CT molecular complexity index is 188. The van der Waals surface area contributed by atoms with Crippen molar-refractivity contribution in [2.24, 2.45) is 0 Å². The Morgan fingerprint density at radius 1 is 1.30 bits per heavy atom. The molecule has 3 heteroatoms. The van der Waals surface area contributed by atoms with Gasteiger partial charge in [-0.2, -0.15) is 0 Å². The van der Waals surface area contributed by atoms with Crippen LogP contribution in [-0.4, -0.2) is 4.92 Å². The van der Waals surface area contributed by atoms with E-state index in [1.165, 1.54) is 13.0 Å². The summed E-state index contributed by atoms with van der Waals surface area (Å²) in [5, 5.41) is 10.0. The van der Waals surface area contributed by atoms with E-state index < -0.39 is 4.92 Å². The number of hydrogen-bond acceptors (Lipinski definition) is 2. The normalized spacial score (nSPS) is 10.9. The van der Waals surface area contributed by atoms with Gasteiger partial charge in [-0.15, -0.1) is 0 Å². The second-order valence-corrected chi connectivity index (χ2v) is 2.31. The van der Waals surface area contributed by atoms with Crippen LogP contribution >= 0.6 is 0 Å². The van der Waals surface area contributed by atoms with Gasteiger partial charge in [0.05, 0.1) is 4.92 Å². The van der Waals surface area contributed by atoms with Crippen molar-refractivity contribution in [3.05, 3.63) is 33.5 Å². The predicted octanol–water partition coefficient (Wildman–Crippen LogP) is 2.13. The molecule has 0 bridgehead atoms. The molecule has 56 valence electrons. The lowest BCUT2D eigenvalue weighted by Crippen LogP contribution is -1.91. The molecule has 0 saturated carbocycles. The molecule has 10 heavy (non-hydrogen) atoms. The number of hydrogen-bond donors (Lipinski definition) is 0. The zero-order valence-electron chi connectivity index (χ0n) is 6.42. The van der Waals surface area contributed by atoms with Crippen LogP contribution in [0.1, 0.15) is 20.8 Å². The summed E-state index contributed by atoms with van der Waals surface area (Å²) in [6, 6.07) is 0. The van der Waals surface area contributed by atoms with E-state index in [1.807, 2.05) is 13.8 Å². The maximum atomic E-state index is 10.0. The molecule has 0 rings (SSSR count). The van der Waals surface area contributed by atoms with Gasteiger partial charge in [-0.3, -0.25) is 10.1 Å². The van der Waals surface area contributed by atoms with Crippen LogP contribution in [0.15, 0.2) is 23.4 Å². The molecule has 0 aromatic rings. The molecular weight excluding hydrogens is 130 g/mol. The van der Waals surface area contributed by atoms with Gasteiger partial charge in [0.1, 0.15) is 0 Å². The molecule has 0 amide bonds. The molecule has 0 aliphatic rings. The van der Waals surface area contributed by atoms with Gasteiger partial charge in [0.15, 0.2) is 0 Å². The summed E-state index contributed by atoms with van der Waals surface area (Å²) in [6.45, 7) is 5.26. The first-order valence-electron chi connectivity index (χ1n) is 3.00. The lowest BCUT2D eigenvalue weighted by molar-refractivity contribution is -0.424. The molecule has 0 aromatic heterocycles. The Kier molecular flexibility index (Phi) is 3.39. The van der Waals surface area contributed by atoms with E-state index in [2.05, 4.69) is 0 Å². The second kappa shape index (κ2) is 3.82. The molecule has 3 nitrogen and oxygen atoms in total. The Morgan fingerprint density at radius 2 is 1.80 bits per heavy atom. The fourth-order valence-electron chi connectivity index (χ4n) is 0.348. The summed E-state index contributed by atoms with van der Waals surface area (Å²) in [6.07, 6.45) is 3.22. The number of allylic oxidation sites excluding steroid dienone is 4. The summed E-state index contributed by atoms with van der Waals surface area (Å²) < 4.78 is 0. The zero-order valence-corrected chi connectivity index (χ0v) is 6.42. The monoisotopic (exact) mass is 141 g/mol. The van der Waals surface area contributed by atoms with Crippen LogP contribution in [0.25, 0.3) is 0 Å². The maximum Gasteiger partial charge on any atom is 0.243 e. The molecule has 0 heterocycles. The van der Waals surface area contributed by atoms with E-state index in [4.69, 9.17) is 0 Å². The highest BCUT2D eigenvalue weighted by atomic mass is 16.6. The number of nitrogens with zero attached hydrogens (tertiary/aromatic N) is 1. The van der Waals surface area contributed by atoms with Crippen molar-refractivity contribution >= 4 is 0 Å². The standard InChI is InChI=1S/C7H11NO2/c1-6(2)4-5-7(3)8(9)10/h4-5H,1-3H3. The van der Waals surface area contributed by atoms with E-state index in [0.717, 1.165) is 5.57 Å². The third-order valence-corrected chi connectivity index (χ3v) is 0.946. The van der Waals surface area contributed by atoms with Crippen LogP contribution in [0.2, 0.25) is 0 Å². The Balaban J connectivity index is 4.19. The predicted molar refractivity (Wildman–Crippen MR) is 40.2 cm³/mol. The van der Waals surface area contributed by atoms with Gasteiger partial charge in [-0.05, 0) is 13.8 Å². The first kappa shape index (κ1) is 8.88. The van der Waals surface area contributed by atoms with Crippen molar-refractivity contribution in [3.8, 4) is 0 Å². The van der Waals surface area contributed by atoms with Gasteiger partial charge in [0.2, 0.25) is 5.70 Å². The average Bonchev–Trinajstić information content (AvgIpc) is 1.82. The van der Waals surface area contributed by atoms with E-state index in [0.29, 0.717) is 0 Å². The Hall–Kier alpha value is -1.12. The van der Waals surface area contributed by atoms with Crippen LogP contribution in [0.3, 0.4) is 0 Å². The van der Waals surface area contributed by atoms with E-state index in [1.54, 1.807) is 6.08 Å². The molecule has 0 unspecified atom stereocenters. The largest absolute Gasteiger partial charge is 0.259 e. The third-order valence-electron chi connectivity index (χ3n) is 0.946. The first-order valence-corrected chi connectivity index (χ1v) is 3.00. The van der Waals surface area contributed by atoms with E-state index >= 15 is 0 Å². The van der Waals surface area contributed by atoms with Crippen LogP contribution in [0.4, 0.5) is 0 Å². The van der Waals surface area contributed by atoms with Gasteiger partial charge in [0.25, 0.3) is 0 Å². The summed E-state index contributed by atoms with van der Waals surface area (Å²) in [5.41, 5.74) is 1.22. The smallest absolute Gasteiger partial charge is 0.243 e. The summed E-state index contributed by atoms with van der Waals surface area (Å²) in [5.74, 6) is 0. The zero-order chi connectivity index (χ0) is 8.15. The molecule has 0 atom stereocenters. The van der Waals surface area contributed by atoms with Gasteiger partial charge in [0, 0.05) is 13.0 Å². The van der Waals surface area contributed by atoms with E-state index in [-0.39, 0.29) is 5.70 Å². The van der Waals surface area contributed by atoms with Crippen molar-refractivity contribution in [3.63, 3.8) is 0 Å². The lowest BCUT2D eigenvalue weighted by atomic mass is 10.3. The minimum absolute atomic E-state index is 0.168. The summed E-state index contributed by atoms with van der Waals surface area (Å²) in [4.78, 5) is 9.62. The SMILES string of the molecule is CC(C)=CC=C(C)[N+](=O)[O-]. The lowest BCUT2D eigenvalue weighted by Gasteiger charge is -1.85. The van der Waals surface area contributed by atoms with Crippen LogP contribution in [-0.2, 0) is 0 Å². The van der Waals surface area contributed by atoms with Gasteiger partial charge in [-0.1, -0.05) is 11.6 Å². The molecular formula is C7H11NO2. The third kappa shape index (κ3) is 3.83. The van der Waals surface area contributed by atoms with Crippen molar-refractivity contribution in [1.82, 2.24) is 0 Å². The first-order chi connectivity index (χ1) is 4.54. The topological polar surface area (TPSA) is 43.1 Å². The van der Waals surface area contributed by atoms with Gasteiger partial charge >= 0.3 is 0 Å². The van der Waals surface area contributed by atoms with Crippen LogP contribution in [0.5, 0.6) is 0 Å². The Labute approximate surface area is 60.2 Å². The molecule has 0 spiro atoms. The highest BCUT2D eigenvalue weighted by Crippen LogP contribution is 1.96. The van der Waals surface area contributed by atoms with Crippen molar-refractivity contribution in [2.45, 2.75) is 20.8 Å². The minimum atomic E-state index is -0.403. The van der Waals surface area contributed by atoms with Gasteiger partial charge < -0.3 is 0 Å². The van der Waals surface area contributed by atoms with Crippen molar-refractivity contribution in [1.29, 1.82) is 0 Å². The number of rotatable bonds is 2. The van der Waals surface area contributed by atoms with Crippen molar-refractivity contribution in [2.75, 3.05) is 0 Å². The molecule has 0 radical (unpaired) electrons. The molecule has 0 aliphatic carbocycles. The van der Waals surface area contributed by atoms with Crippen molar-refractivity contribution < 1.29 is 4.92 Å². The highest BCUT2D eigenvalue weighted by molar-refractivity contribution is 5.09. The second-order valence-electron chi connectivity index (χ2n) is 2.31. The number of nitro groups is 1. The average molecular weight is 141 g/mol.